The summed E-state index contributed by atoms with van der Waals surface area (Å²) in [6, 6.07) is 37.5. The zero-order chi connectivity index (χ0) is 19.5. The monoisotopic (exact) mass is 372 g/mol. The first-order valence-corrected chi connectivity index (χ1v) is 9.82. The Labute approximate surface area is 170 Å². The molecule has 0 saturated carbocycles. The van der Waals surface area contributed by atoms with Crippen molar-refractivity contribution in [3.63, 3.8) is 0 Å². The predicted molar refractivity (Wildman–Crippen MR) is 120 cm³/mol. The number of fused-ring (bicyclic) bond motifs is 1. The van der Waals surface area contributed by atoms with Crippen molar-refractivity contribution in [2.45, 2.75) is 6.42 Å². The molecule has 5 rings (SSSR count). The Bertz CT molecular complexity index is 1260. The van der Waals surface area contributed by atoms with E-state index in [1.54, 1.807) is 0 Å². The van der Waals surface area contributed by atoms with E-state index in [4.69, 9.17) is 9.97 Å². The summed E-state index contributed by atoms with van der Waals surface area (Å²) in [4.78, 5) is 9.91. The molecule has 0 aliphatic carbocycles. The van der Waals surface area contributed by atoms with Crippen LogP contribution in [0.5, 0.6) is 0 Å². The van der Waals surface area contributed by atoms with Crippen LogP contribution in [0.15, 0.2) is 109 Å². The lowest BCUT2D eigenvalue weighted by atomic mass is 10.0. The molecule has 2 heterocycles. The zero-order valence-electron chi connectivity index (χ0n) is 16.0. The SMILES string of the molecule is c1ccc(-c2cccc(Cc3cc4ccccc4c(-c4ccccc4)n3)n2)cc1. The molecule has 0 unspecified atom stereocenters. The minimum absolute atomic E-state index is 0.700. The van der Waals surface area contributed by atoms with Gasteiger partial charge in [-0.25, -0.2) is 0 Å². The summed E-state index contributed by atoms with van der Waals surface area (Å²) in [6.45, 7) is 0. The van der Waals surface area contributed by atoms with Crippen molar-refractivity contribution >= 4 is 10.8 Å². The topological polar surface area (TPSA) is 25.8 Å². The Morgan fingerprint density at radius 3 is 2.00 bits per heavy atom. The highest BCUT2D eigenvalue weighted by Crippen LogP contribution is 2.28. The predicted octanol–water partition coefficient (Wildman–Crippen LogP) is 6.55. The first-order valence-electron chi connectivity index (χ1n) is 9.82. The number of rotatable bonds is 4. The molecule has 0 fully saturated rings. The first kappa shape index (κ1) is 17.3. The maximum absolute atomic E-state index is 5.03. The van der Waals surface area contributed by atoms with Crippen LogP contribution < -0.4 is 0 Å². The average molecular weight is 372 g/mol. The third kappa shape index (κ3) is 3.65. The summed E-state index contributed by atoms with van der Waals surface area (Å²) in [7, 11) is 0. The standard InChI is InChI=1S/C27H20N2/c1-3-10-20(11-4-1)26-17-9-15-23(28-26)19-24-18-22-14-7-8-16-25(22)27(29-24)21-12-5-2-6-13-21/h1-18H,19H2. The van der Waals surface area contributed by atoms with Crippen molar-refractivity contribution in [1.29, 1.82) is 0 Å². The second kappa shape index (κ2) is 7.69. The van der Waals surface area contributed by atoms with Gasteiger partial charge in [-0.1, -0.05) is 91.0 Å². The van der Waals surface area contributed by atoms with Crippen molar-refractivity contribution in [3.05, 3.63) is 121 Å². The van der Waals surface area contributed by atoms with Crippen LogP contribution >= 0.6 is 0 Å². The van der Waals surface area contributed by atoms with Crippen LogP contribution in [-0.4, -0.2) is 9.97 Å². The van der Waals surface area contributed by atoms with E-state index in [1.165, 1.54) is 10.8 Å². The Hall–Kier alpha value is -3.78. The van der Waals surface area contributed by atoms with Crippen LogP contribution in [0.4, 0.5) is 0 Å². The van der Waals surface area contributed by atoms with Crippen LogP contribution in [0.2, 0.25) is 0 Å². The van der Waals surface area contributed by atoms with Gasteiger partial charge in [-0.2, -0.15) is 0 Å². The van der Waals surface area contributed by atoms with E-state index in [0.717, 1.165) is 33.9 Å². The highest BCUT2D eigenvalue weighted by Gasteiger charge is 2.10. The quantitative estimate of drug-likeness (QED) is 0.357. The molecular formula is C27H20N2. The number of pyridine rings is 2. The van der Waals surface area contributed by atoms with Gasteiger partial charge in [0.05, 0.1) is 11.4 Å². The molecule has 29 heavy (non-hydrogen) atoms. The Kier molecular flexibility index (Phi) is 4.59. The van der Waals surface area contributed by atoms with Gasteiger partial charge in [-0.15, -0.1) is 0 Å². The van der Waals surface area contributed by atoms with Crippen molar-refractivity contribution in [1.82, 2.24) is 9.97 Å². The number of hydrogen-bond acceptors (Lipinski definition) is 2. The molecule has 0 saturated heterocycles. The van der Waals surface area contributed by atoms with E-state index >= 15 is 0 Å². The van der Waals surface area contributed by atoms with Gasteiger partial charge in [-0.3, -0.25) is 9.97 Å². The molecule has 0 bridgehead atoms. The van der Waals surface area contributed by atoms with E-state index in [1.807, 2.05) is 24.3 Å². The molecular weight excluding hydrogens is 352 g/mol. The third-order valence-electron chi connectivity index (χ3n) is 5.08. The molecule has 2 heteroatoms. The fourth-order valence-corrected chi connectivity index (χ4v) is 3.69. The Morgan fingerprint density at radius 2 is 1.21 bits per heavy atom. The fraction of sp³-hybridized carbons (Fsp3) is 0.0370. The van der Waals surface area contributed by atoms with E-state index in [9.17, 15) is 0 Å². The summed E-state index contributed by atoms with van der Waals surface area (Å²) < 4.78 is 0. The number of benzene rings is 3. The van der Waals surface area contributed by atoms with Gasteiger partial charge in [0.1, 0.15) is 0 Å². The lowest BCUT2D eigenvalue weighted by molar-refractivity contribution is 1.02. The molecule has 0 radical (unpaired) electrons. The first-order chi connectivity index (χ1) is 14.4. The maximum Gasteiger partial charge on any atom is 0.0783 e. The molecule has 0 aliphatic rings. The molecule has 0 aliphatic heterocycles. The maximum atomic E-state index is 5.03. The molecule has 0 spiro atoms. The van der Waals surface area contributed by atoms with Gasteiger partial charge in [0.25, 0.3) is 0 Å². The summed E-state index contributed by atoms with van der Waals surface area (Å²) in [5.74, 6) is 0. The Balaban J connectivity index is 1.57. The molecule has 0 N–H and O–H groups in total. The molecule has 2 nitrogen and oxygen atoms in total. The van der Waals surface area contributed by atoms with E-state index in [0.29, 0.717) is 6.42 Å². The summed E-state index contributed by atoms with van der Waals surface area (Å²) >= 11 is 0. The number of aromatic nitrogens is 2. The van der Waals surface area contributed by atoms with Crippen molar-refractivity contribution < 1.29 is 0 Å². The second-order valence-electron chi connectivity index (χ2n) is 7.11. The summed E-state index contributed by atoms with van der Waals surface area (Å²) in [5.41, 5.74) is 6.33. The van der Waals surface area contributed by atoms with Gasteiger partial charge in [0.2, 0.25) is 0 Å². The number of nitrogens with zero attached hydrogens (tertiary/aromatic N) is 2. The van der Waals surface area contributed by atoms with Gasteiger partial charge >= 0.3 is 0 Å². The van der Waals surface area contributed by atoms with Gasteiger partial charge in [0, 0.05) is 34.3 Å². The van der Waals surface area contributed by atoms with Crippen LogP contribution in [0.25, 0.3) is 33.3 Å². The van der Waals surface area contributed by atoms with Crippen molar-refractivity contribution in [2.75, 3.05) is 0 Å². The van der Waals surface area contributed by atoms with E-state index in [2.05, 4.69) is 84.9 Å². The highest BCUT2D eigenvalue weighted by molar-refractivity contribution is 5.94. The normalized spacial score (nSPS) is 10.9. The molecule has 3 aromatic carbocycles. The largest absolute Gasteiger partial charge is 0.252 e. The minimum atomic E-state index is 0.700. The molecule has 0 atom stereocenters. The second-order valence-corrected chi connectivity index (χ2v) is 7.11. The summed E-state index contributed by atoms with van der Waals surface area (Å²) in [5, 5.41) is 2.38. The van der Waals surface area contributed by atoms with Crippen LogP contribution in [0, 0.1) is 0 Å². The van der Waals surface area contributed by atoms with E-state index in [-0.39, 0.29) is 0 Å². The smallest absolute Gasteiger partial charge is 0.0783 e. The highest BCUT2D eigenvalue weighted by atomic mass is 14.8. The van der Waals surface area contributed by atoms with Gasteiger partial charge < -0.3 is 0 Å². The van der Waals surface area contributed by atoms with Crippen molar-refractivity contribution in [2.24, 2.45) is 0 Å². The van der Waals surface area contributed by atoms with Crippen LogP contribution in [0.3, 0.4) is 0 Å². The van der Waals surface area contributed by atoms with Crippen LogP contribution in [0.1, 0.15) is 11.4 Å². The molecule has 5 aromatic rings. The zero-order valence-corrected chi connectivity index (χ0v) is 16.0. The van der Waals surface area contributed by atoms with Gasteiger partial charge in [-0.05, 0) is 23.6 Å². The lowest BCUT2D eigenvalue weighted by Crippen LogP contribution is -1.98. The average Bonchev–Trinajstić information content (AvgIpc) is 2.80. The molecule has 138 valence electrons. The summed E-state index contributed by atoms with van der Waals surface area (Å²) in [6.07, 6.45) is 0.700. The third-order valence-corrected chi connectivity index (χ3v) is 5.08. The van der Waals surface area contributed by atoms with Gasteiger partial charge in [0.15, 0.2) is 0 Å². The molecule has 0 amide bonds. The van der Waals surface area contributed by atoms with Crippen LogP contribution in [-0.2, 0) is 6.42 Å². The van der Waals surface area contributed by atoms with E-state index < -0.39 is 0 Å². The Morgan fingerprint density at radius 1 is 0.517 bits per heavy atom. The fourth-order valence-electron chi connectivity index (χ4n) is 3.69. The minimum Gasteiger partial charge on any atom is -0.252 e. The lowest BCUT2D eigenvalue weighted by Gasteiger charge is -2.10. The number of hydrogen-bond donors (Lipinski definition) is 0. The molecule has 2 aromatic heterocycles. The van der Waals surface area contributed by atoms with Crippen molar-refractivity contribution in [3.8, 4) is 22.5 Å².